The molecule has 2 heteroatoms. The number of unbranched alkanes of at least 4 members (excludes halogenated alkanes) is 4. The molecule has 1 N–H and O–H groups in total. The van der Waals surface area contributed by atoms with Gasteiger partial charge in [-0.25, -0.2) is 0 Å². The fraction of sp³-hybridized carbons (Fsp3) is 0.714. The second kappa shape index (κ2) is 11.6. The van der Waals surface area contributed by atoms with Gasteiger partial charge in [-0.3, -0.25) is 0 Å². The third-order valence-corrected chi connectivity index (χ3v) is 4.94. The van der Waals surface area contributed by atoms with Crippen molar-refractivity contribution in [2.45, 2.75) is 83.3 Å². The van der Waals surface area contributed by atoms with Crippen LogP contribution in [0, 0.1) is 0 Å². The molecule has 0 amide bonds. The number of hydrogen-bond acceptors (Lipinski definition) is 2. The van der Waals surface area contributed by atoms with Crippen molar-refractivity contribution in [3.05, 3.63) is 35.9 Å². The van der Waals surface area contributed by atoms with Crippen molar-refractivity contribution >= 4 is 0 Å². The molecule has 0 aromatic heterocycles. The van der Waals surface area contributed by atoms with Gasteiger partial charge in [-0.1, -0.05) is 76.3 Å². The fourth-order valence-corrected chi connectivity index (χ4v) is 3.62. The van der Waals surface area contributed by atoms with Gasteiger partial charge >= 0.3 is 0 Å². The molecule has 0 saturated heterocycles. The molecule has 0 aliphatic heterocycles. The van der Waals surface area contributed by atoms with Gasteiger partial charge in [0.15, 0.2) is 0 Å². The summed E-state index contributed by atoms with van der Waals surface area (Å²) in [6.45, 7) is 4.49. The smallest absolute Gasteiger partial charge is 0.0546 e. The Labute approximate surface area is 143 Å². The first-order valence-corrected chi connectivity index (χ1v) is 9.49. The molecule has 2 nitrogen and oxygen atoms in total. The maximum absolute atomic E-state index is 10.5. The van der Waals surface area contributed by atoms with E-state index in [4.69, 9.17) is 0 Å². The SMILES string of the molecule is CCCCCCCC(O)CC(c1ccccc1)C(CC)N(C)C. The van der Waals surface area contributed by atoms with Gasteiger partial charge in [0.25, 0.3) is 0 Å². The highest BCUT2D eigenvalue weighted by atomic mass is 16.3. The van der Waals surface area contributed by atoms with Gasteiger partial charge in [0.2, 0.25) is 0 Å². The average Bonchev–Trinajstić information content (AvgIpc) is 2.55. The molecular formula is C21H37NO. The number of aliphatic hydroxyl groups excluding tert-OH is 1. The standard InChI is InChI=1S/C21H37NO/c1-5-7-8-9-13-16-19(23)17-20(21(6-2)22(3)4)18-14-11-10-12-15-18/h10-12,14-15,19-21,23H,5-9,13,16-17H2,1-4H3. The van der Waals surface area contributed by atoms with Crippen molar-refractivity contribution in [1.29, 1.82) is 0 Å². The third kappa shape index (κ3) is 7.50. The van der Waals surface area contributed by atoms with E-state index >= 15 is 0 Å². The predicted molar refractivity (Wildman–Crippen MR) is 101 cm³/mol. The zero-order chi connectivity index (χ0) is 17.1. The summed E-state index contributed by atoms with van der Waals surface area (Å²) in [4.78, 5) is 2.31. The second-order valence-corrected chi connectivity index (χ2v) is 7.05. The van der Waals surface area contributed by atoms with Crippen LogP contribution in [-0.4, -0.2) is 36.2 Å². The van der Waals surface area contributed by atoms with E-state index in [9.17, 15) is 5.11 Å². The van der Waals surface area contributed by atoms with Gasteiger partial charge in [0.05, 0.1) is 6.10 Å². The molecule has 0 radical (unpaired) electrons. The van der Waals surface area contributed by atoms with Crippen molar-refractivity contribution in [1.82, 2.24) is 4.90 Å². The monoisotopic (exact) mass is 319 g/mol. The van der Waals surface area contributed by atoms with Crippen LogP contribution in [0.4, 0.5) is 0 Å². The van der Waals surface area contributed by atoms with Gasteiger partial charge in [-0.05, 0) is 38.9 Å². The highest BCUT2D eigenvalue weighted by molar-refractivity contribution is 5.21. The molecule has 0 spiro atoms. The van der Waals surface area contributed by atoms with Crippen LogP contribution in [0.3, 0.4) is 0 Å². The lowest BCUT2D eigenvalue weighted by atomic mass is 9.84. The number of likely N-dealkylation sites (N-methyl/N-ethyl adjacent to an activating group) is 1. The lowest BCUT2D eigenvalue weighted by Crippen LogP contribution is -2.35. The number of hydrogen-bond donors (Lipinski definition) is 1. The first kappa shape index (κ1) is 20.2. The van der Waals surface area contributed by atoms with Crippen molar-refractivity contribution in [3.8, 4) is 0 Å². The van der Waals surface area contributed by atoms with Crippen molar-refractivity contribution in [2.24, 2.45) is 0 Å². The second-order valence-electron chi connectivity index (χ2n) is 7.05. The topological polar surface area (TPSA) is 23.5 Å². The zero-order valence-corrected chi connectivity index (χ0v) is 15.7. The van der Waals surface area contributed by atoms with Crippen LogP contribution in [0.15, 0.2) is 30.3 Å². The summed E-state index contributed by atoms with van der Waals surface area (Å²) >= 11 is 0. The van der Waals surface area contributed by atoms with Crippen molar-refractivity contribution in [2.75, 3.05) is 14.1 Å². The minimum atomic E-state index is -0.184. The molecule has 3 atom stereocenters. The fourth-order valence-electron chi connectivity index (χ4n) is 3.62. The summed E-state index contributed by atoms with van der Waals surface area (Å²) in [5, 5.41) is 10.5. The van der Waals surface area contributed by atoms with Crippen molar-refractivity contribution in [3.63, 3.8) is 0 Å². The molecule has 132 valence electrons. The zero-order valence-electron chi connectivity index (χ0n) is 15.7. The van der Waals surface area contributed by atoms with E-state index in [2.05, 4.69) is 63.2 Å². The van der Waals surface area contributed by atoms with Gasteiger partial charge in [-0.15, -0.1) is 0 Å². The van der Waals surface area contributed by atoms with Crippen LogP contribution in [0.5, 0.6) is 0 Å². The summed E-state index contributed by atoms with van der Waals surface area (Å²) < 4.78 is 0. The molecule has 0 heterocycles. The van der Waals surface area contributed by atoms with E-state index in [0.717, 1.165) is 25.7 Å². The Bertz CT molecular complexity index is 390. The van der Waals surface area contributed by atoms with Crippen LogP contribution in [0.2, 0.25) is 0 Å². The normalized spacial score (nSPS) is 15.6. The predicted octanol–water partition coefficient (Wildman–Crippen LogP) is 5.22. The first-order chi connectivity index (χ1) is 11.1. The average molecular weight is 320 g/mol. The molecule has 1 aromatic rings. The van der Waals surface area contributed by atoms with Gasteiger partial charge in [0, 0.05) is 12.0 Å². The van der Waals surface area contributed by atoms with Gasteiger partial charge in [0.1, 0.15) is 0 Å². The Balaban J connectivity index is 2.62. The molecule has 0 saturated carbocycles. The summed E-state index contributed by atoms with van der Waals surface area (Å²) in [6, 6.07) is 11.2. The van der Waals surface area contributed by atoms with Crippen molar-refractivity contribution < 1.29 is 5.11 Å². The van der Waals surface area contributed by atoms with E-state index < -0.39 is 0 Å². The molecule has 23 heavy (non-hydrogen) atoms. The molecule has 0 bridgehead atoms. The lowest BCUT2D eigenvalue weighted by Gasteiger charge is -2.33. The number of rotatable bonds is 12. The Hall–Kier alpha value is -0.860. The van der Waals surface area contributed by atoms with E-state index in [-0.39, 0.29) is 6.10 Å². The van der Waals surface area contributed by atoms with Gasteiger partial charge in [-0.2, -0.15) is 0 Å². The largest absolute Gasteiger partial charge is 0.393 e. The van der Waals surface area contributed by atoms with E-state index in [1.165, 1.54) is 31.2 Å². The van der Waals surface area contributed by atoms with E-state index in [1.54, 1.807) is 0 Å². The van der Waals surface area contributed by atoms with Crippen LogP contribution >= 0.6 is 0 Å². The Morgan fingerprint density at radius 1 is 0.957 bits per heavy atom. The lowest BCUT2D eigenvalue weighted by molar-refractivity contribution is 0.120. The molecular weight excluding hydrogens is 282 g/mol. The molecule has 3 unspecified atom stereocenters. The third-order valence-electron chi connectivity index (χ3n) is 4.94. The highest BCUT2D eigenvalue weighted by Crippen LogP contribution is 2.30. The maximum Gasteiger partial charge on any atom is 0.0546 e. The number of nitrogens with zero attached hydrogens (tertiary/aromatic N) is 1. The van der Waals surface area contributed by atoms with Crippen LogP contribution < -0.4 is 0 Å². The van der Waals surface area contributed by atoms with E-state index in [1.807, 2.05) is 0 Å². The number of benzene rings is 1. The molecule has 0 fully saturated rings. The van der Waals surface area contributed by atoms with Gasteiger partial charge < -0.3 is 10.0 Å². The van der Waals surface area contributed by atoms with Crippen LogP contribution in [0.25, 0.3) is 0 Å². The molecule has 0 aliphatic rings. The Morgan fingerprint density at radius 3 is 2.17 bits per heavy atom. The molecule has 1 rings (SSSR count). The van der Waals surface area contributed by atoms with Crippen LogP contribution in [-0.2, 0) is 0 Å². The molecule has 1 aromatic carbocycles. The number of aliphatic hydroxyl groups is 1. The summed E-state index contributed by atoms with van der Waals surface area (Å²) in [7, 11) is 4.31. The first-order valence-electron chi connectivity index (χ1n) is 9.49. The summed E-state index contributed by atoms with van der Waals surface area (Å²) in [5.74, 6) is 0.404. The Morgan fingerprint density at radius 2 is 1.61 bits per heavy atom. The summed E-state index contributed by atoms with van der Waals surface area (Å²) in [6.07, 6.45) is 9.05. The minimum absolute atomic E-state index is 0.184. The maximum atomic E-state index is 10.5. The highest BCUT2D eigenvalue weighted by Gasteiger charge is 2.25. The van der Waals surface area contributed by atoms with Crippen LogP contribution in [0.1, 0.15) is 76.7 Å². The quantitative estimate of drug-likeness (QED) is 0.534. The Kier molecular flexibility index (Phi) is 10.2. The van der Waals surface area contributed by atoms with E-state index in [0.29, 0.717) is 12.0 Å². The minimum Gasteiger partial charge on any atom is -0.393 e. The molecule has 0 aliphatic carbocycles. The summed E-state index contributed by atoms with van der Waals surface area (Å²) in [5.41, 5.74) is 1.36.